The van der Waals surface area contributed by atoms with Gasteiger partial charge in [-0.25, -0.2) is 9.37 Å². The van der Waals surface area contributed by atoms with Gasteiger partial charge < -0.3 is 14.4 Å². The van der Waals surface area contributed by atoms with Gasteiger partial charge in [0.1, 0.15) is 18.0 Å². The third-order valence-electron chi connectivity index (χ3n) is 3.90. The monoisotopic (exact) mass is 303 g/mol. The Balaban J connectivity index is 2.28. The lowest BCUT2D eigenvalue weighted by Gasteiger charge is -2.32. The van der Waals surface area contributed by atoms with Crippen LogP contribution in [0.2, 0.25) is 0 Å². The van der Waals surface area contributed by atoms with E-state index < -0.39 is 24.0 Å². The van der Waals surface area contributed by atoms with E-state index in [0.29, 0.717) is 11.3 Å². The number of nitrogens with zero attached hydrogens (tertiary/aromatic N) is 1. The predicted molar refractivity (Wildman–Crippen MR) is 83.4 cm³/mol. The van der Waals surface area contributed by atoms with Gasteiger partial charge in [-0.1, -0.05) is 12.0 Å². The molecule has 0 bridgehead atoms. The van der Waals surface area contributed by atoms with Crippen molar-refractivity contribution in [2.24, 2.45) is 0 Å². The van der Waals surface area contributed by atoms with Crippen molar-refractivity contribution in [1.29, 1.82) is 0 Å². The lowest BCUT2D eigenvalue weighted by Crippen LogP contribution is -2.41. The van der Waals surface area contributed by atoms with Crippen molar-refractivity contribution in [1.82, 2.24) is 4.98 Å². The minimum absolute atomic E-state index is 0.278. The van der Waals surface area contributed by atoms with Crippen LogP contribution in [0.15, 0.2) is 24.1 Å². The standard InChI is InChI=1S/C16H19BFNO3/c1-15(2)16(3,4)22-17(21-15)14(18)11-12-7-5-9-19-13(12)8-6-10-20/h5,7,9,11,20H,10H2,1-4H3. The maximum atomic E-state index is 14.5. The van der Waals surface area contributed by atoms with Crippen LogP contribution in [0.25, 0.3) is 6.08 Å². The number of aromatic nitrogens is 1. The van der Waals surface area contributed by atoms with E-state index in [1.165, 1.54) is 6.08 Å². The number of hydrogen-bond acceptors (Lipinski definition) is 4. The molecule has 2 rings (SSSR count). The van der Waals surface area contributed by atoms with E-state index in [4.69, 9.17) is 14.4 Å². The zero-order valence-corrected chi connectivity index (χ0v) is 13.2. The molecule has 0 radical (unpaired) electrons. The summed E-state index contributed by atoms with van der Waals surface area (Å²) in [6.07, 6.45) is 2.86. The maximum Gasteiger partial charge on any atom is 0.525 e. The van der Waals surface area contributed by atoms with Crippen LogP contribution in [-0.2, 0) is 9.31 Å². The van der Waals surface area contributed by atoms with E-state index in [2.05, 4.69) is 16.8 Å². The third-order valence-corrected chi connectivity index (χ3v) is 3.90. The Morgan fingerprint density at radius 2 is 2.00 bits per heavy atom. The second kappa shape index (κ2) is 6.21. The fourth-order valence-electron chi connectivity index (χ4n) is 1.93. The Labute approximate surface area is 130 Å². The topological polar surface area (TPSA) is 51.6 Å². The normalized spacial score (nSPS) is 19.7. The van der Waals surface area contributed by atoms with Crippen molar-refractivity contribution in [3.63, 3.8) is 0 Å². The molecule has 1 aromatic rings. The lowest BCUT2D eigenvalue weighted by molar-refractivity contribution is 0.00578. The highest BCUT2D eigenvalue weighted by molar-refractivity contribution is 6.54. The molecule has 1 aromatic heterocycles. The number of rotatable bonds is 2. The molecule has 1 aliphatic heterocycles. The molecular formula is C16H19BFNO3. The summed E-state index contributed by atoms with van der Waals surface area (Å²) in [7, 11) is -1.05. The quantitative estimate of drug-likeness (QED) is 0.673. The van der Waals surface area contributed by atoms with E-state index in [1.807, 2.05) is 27.7 Å². The van der Waals surface area contributed by atoms with Gasteiger partial charge >= 0.3 is 7.12 Å². The smallest absolute Gasteiger partial charge is 0.398 e. The summed E-state index contributed by atoms with van der Waals surface area (Å²) in [6.45, 7) is 7.18. The summed E-state index contributed by atoms with van der Waals surface area (Å²) in [5, 5.41) is 8.76. The van der Waals surface area contributed by atoms with Crippen LogP contribution >= 0.6 is 0 Å². The number of halogens is 1. The molecule has 1 fully saturated rings. The molecule has 0 saturated carbocycles. The third kappa shape index (κ3) is 3.38. The van der Waals surface area contributed by atoms with Gasteiger partial charge in [0.2, 0.25) is 0 Å². The van der Waals surface area contributed by atoms with Gasteiger partial charge in [0.25, 0.3) is 0 Å². The van der Waals surface area contributed by atoms with Crippen LogP contribution in [-0.4, -0.2) is 35.0 Å². The molecule has 22 heavy (non-hydrogen) atoms. The van der Waals surface area contributed by atoms with Crippen molar-refractivity contribution in [3.8, 4) is 11.8 Å². The Kier molecular flexibility index (Phi) is 4.71. The number of pyridine rings is 1. The SMILES string of the molecule is CC1(C)OB(C(F)=Cc2cccnc2C#CCO)OC1(C)C. The first-order valence-electron chi connectivity index (χ1n) is 7.04. The highest BCUT2D eigenvalue weighted by Crippen LogP contribution is 2.39. The van der Waals surface area contributed by atoms with Crippen molar-refractivity contribution in [2.45, 2.75) is 38.9 Å². The van der Waals surface area contributed by atoms with Crippen LogP contribution in [0.3, 0.4) is 0 Å². The van der Waals surface area contributed by atoms with Crippen molar-refractivity contribution in [2.75, 3.05) is 6.61 Å². The molecule has 6 heteroatoms. The number of aliphatic hydroxyl groups excluding tert-OH is 1. The fourth-order valence-corrected chi connectivity index (χ4v) is 1.93. The predicted octanol–water partition coefficient (Wildman–Crippen LogP) is 2.37. The molecule has 1 saturated heterocycles. The second-order valence-electron chi connectivity index (χ2n) is 6.02. The molecule has 116 valence electrons. The Hall–Kier alpha value is -1.68. The molecule has 0 atom stereocenters. The molecule has 1 N–H and O–H groups in total. The van der Waals surface area contributed by atoms with Gasteiger partial charge in [0.15, 0.2) is 0 Å². The summed E-state index contributed by atoms with van der Waals surface area (Å²) in [5.74, 6) is 5.19. The van der Waals surface area contributed by atoms with Crippen molar-refractivity contribution < 1.29 is 18.8 Å². The molecule has 0 aliphatic carbocycles. The zero-order valence-electron chi connectivity index (χ0n) is 13.2. The average molecular weight is 303 g/mol. The molecule has 4 nitrogen and oxygen atoms in total. The van der Waals surface area contributed by atoms with E-state index in [-0.39, 0.29) is 6.61 Å². The van der Waals surface area contributed by atoms with Crippen LogP contribution in [0.1, 0.15) is 39.0 Å². The fraction of sp³-hybridized carbons (Fsp3) is 0.438. The lowest BCUT2D eigenvalue weighted by atomic mass is 9.86. The highest BCUT2D eigenvalue weighted by Gasteiger charge is 2.53. The summed E-state index contributed by atoms with van der Waals surface area (Å²) < 4.78 is 25.8. The number of hydrogen-bond donors (Lipinski definition) is 1. The Morgan fingerprint density at radius 3 is 2.59 bits per heavy atom. The summed E-state index contributed by atoms with van der Waals surface area (Å²) in [4.78, 5) is 4.08. The van der Waals surface area contributed by atoms with Gasteiger partial charge in [0, 0.05) is 11.8 Å². The van der Waals surface area contributed by atoms with Gasteiger partial charge in [-0.15, -0.1) is 0 Å². The summed E-state index contributed by atoms with van der Waals surface area (Å²) >= 11 is 0. The molecule has 1 aliphatic rings. The second-order valence-corrected chi connectivity index (χ2v) is 6.02. The Morgan fingerprint density at radius 1 is 1.36 bits per heavy atom. The van der Waals surface area contributed by atoms with E-state index in [0.717, 1.165) is 0 Å². The maximum absolute atomic E-state index is 14.5. The minimum Gasteiger partial charge on any atom is -0.398 e. The average Bonchev–Trinajstić information content (AvgIpc) is 2.66. The van der Waals surface area contributed by atoms with Gasteiger partial charge in [-0.2, -0.15) is 0 Å². The van der Waals surface area contributed by atoms with Crippen molar-refractivity contribution in [3.05, 3.63) is 35.3 Å². The highest BCUT2D eigenvalue weighted by atomic mass is 19.1. The molecule has 2 heterocycles. The first-order valence-corrected chi connectivity index (χ1v) is 7.04. The van der Waals surface area contributed by atoms with Crippen molar-refractivity contribution >= 4 is 13.2 Å². The first kappa shape index (κ1) is 16.7. The summed E-state index contributed by atoms with van der Waals surface area (Å²) in [6, 6.07) is 3.38. The molecule has 0 amide bonds. The molecule has 0 aromatic carbocycles. The minimum atomic E-state index is -1.05. The van der Waals surface area contributed by atoms with E-state index in [1.54, 1.807) is 18.3 Å². The molecule has 0 unspecified atom stereocenters. The largest absolute Gasteiger partial charge is 0.525 e. The first-order chi connectivity index (χ1) is 10.3. The van der Waals surface area contributed by atoms with Gasteiger partial charge in [-0.3, -0.25) is 0 Å². The van der Waals surface area contributed by atoms with E-state index in [9.17, 15) is 4.39 Å². The van der Waals surface area contributed by atoms with E-state index >= 15 is 0 Å². The van der Waals surface area contributed by atoms with Crippen LogP contribution in [0.5, 0.6) is 0 Å². The van der Waals surface area contributed by atoms with Crippen LogP contribution in [0, 0.1) is 11.8 Å². The Bertz CT molecular complexity index is 630. The molecular weight excluding hydrogens is 284 g/mol. The zero-order chi connectivity index (χ0) is 16.4. The van der Waals surface area contributed by atoms with Crippen LogP contribution < -0.4 is 0 Å². The molecule has 0 spiro atoms. The van der Waals surface area contributed by atoms with Crippen LogP contribution in [0.4, 0.5) is 4.39 Å². The summed E-state index contributed by atoms with van der Waals surface area (Å²) in [5.41, 5.74) is -0.841. The number of aliphatic hydroxyl groups is 1. The van der Waals surface area contributed by atoms with Gasteiger partial charge in [0.05, 0.1) is 11.2 Å². The van der Waals surface area contributed by atoms with Gasteiger partial charge in [-0.05, 0) is 45.8 Å².